The van der Waals surface area contributed by atoms with E-state index in [1.54, 1.807) is 19.1 Å². The van der Waals surface area contributed by atoms with Crippen molar-refractivity contribution in [1.29, 1.82) is 0 Å². The van der Waals surface area contributed by atoms with Gasteiger partial charge in [0.25, 0.3) is 0 Å². The normalized spacial score (nSPS) is 15.1. The van der Waals surface area contributed by atoms with Gasteiger partial charge >= 0.3 is 0 Å². The number of hydrogen-bond acceptors (Lipinski definition) is 3. The molecule has 0 radical (unpaired) electrons. The summed E-state index contributed by atoms with van der Waals surface area (Å²) in [6, 6.07) is 17.6. The molecule has 0 unspecified atom stereocenters. The van der Waals surface area contributed by atoms with E-state index >= 15 is 0 Å². The van der Waals surface area contributed by atoms with E-state index in [1.807, 2.05) is 18.2 Å². The molecule has 2 N–H and O–H groups in total. The lowest BCUT2D eigenvalue weighted by Gasteiger charge is -2.42. The van der Waals surface area contributed by atoms with Crippen molar-refractivity contribution in [1.82, 2.24) is 5.32 Å². The quantitative estimate of drug-likeness (QED) is 0.760. The Morgan fingerprint density at radius 1 is 1.00 bits per heavy atom. The second-order valence-corrected chi connectivity index (χ2v) is 6.76. The van der Waals surface area contributed by atoms with E-state index in [4.69, 9.17) is 0 Å². The topological polar surface area (TPSA) is 58.2 Å². The summed E-state index contributed by atoms with van der Waals surface area (Å²) in [6.45, 7) is 2.45. The highest BCUT2D eigenvalue weighted by Gasteiger charge is 2.38. The summed E-state index contributed by atoms with van der Waals surface area (Å²) in [4.78, 5) is 23.5. The van der Waals surface area contributed by atoms with Gasteiger partial charge in [0.15, 0.2) is 5.78 Å². The number of amides is 1. The van der Waals surface area contributed by atoms with Gasteiger partial charge in [0, 0.05) is 23.2 Å². The minimum atomic E-state index is -0.0159. The number of anilines is 1. The van der Waals surface area contributed by atoms with E-state index in [2.05, 4.69) is 34.9 Å². The van der Waals surface area contributed by atoms with Crippen LogP contribution in [-0.2, 0) is 10.2 Å². The summed E-state index contributed by atoms with van der Waals surface area (Å²) in [5.41, 5.74) is 2.92. The molecule has 0 bridgehead atoms. The van der Waals surface area contributed by atoms with Crippen LogP contribution >= 0.6 is 0 Å². The zero-order valence-electron chi connectivity index (χ0n) is 14.5. The van der Waals surface area contributed by atoms with E-state index in [0.29, 0.717) is 12.1 Å². The summed E-state index contributed by atoms with van der Waals surface area (Å²) in [5.74, 6) is 0.0221. The van der Waals surface area contributed by atoms with Gasteiger partial charge < -0.3 is 10.6 Å². The van der Waals surface area contributed by atoms with Gasteiger partial charge in [-0.25, -0.2) is 0 Å². The Bertz CT molecular complexity index is 734. The van der Waals surface area contributed by atoms with Crippen LogP contribution in [0.1, 0.15) is 42.1 Å². The van der Waals surface area contributed by atoms with Crippen molar-refractivity contribution >= 4 is 17.4 Å². The Labute approximate surface area is 148 Å². The summed E-state index contributed by atoms with van der Waals surface area (Å²) in [6.07, 6.45) is 3.46. The molecule has 2 aromatic rings. The van der Waals surface area contributed by atoms with Crippen LogP contribution in [0.3, 0.4) is 0 Å². The lowest BCUT2D eigenvalue weighted by atomic mass is 9.64. The average Bonchev–Trinajstić information content (AvgIpc) is 2.60. The first-order valence-electron chi connectivity index (χ1n) is 8.76. The molecule has 0 atom stereocenters. The summed E-state index contributed by atoms with van der Waals surface area (Å²) >= 11 is 0. The van der Waals surface area contributed by atoms with Gasteiger partial charge in [0.1, 0.15) is 0 Å². The number of nitrogens with one attached hydrogen (secondary N) is 2. The smallest absolute Gasteiger partial charge is 0.239 e. The Balaban J connectivity index is 1.50. The average molecular weight is 336 g/mol. The largest absolute Gasteiger partial charge is 0.376 e. The van der Waals surface area contributed by atoms with Gasteiger partial charge in [-0.05, 0) is 49.6 Å². The zero-order chi connectivity index (χ0) is 17.7. The lowest BCUT2D eigenvalue weighted by Crippen LogP contribution is -2.46. The van der Waals surface area contributed by atoms with E-state index < -0.39 is 0 Å². The number of Topliss-reactive ketones (excluding diaryl/α,β-unsaturated/α-hetero) is 1. The molecule has 25 heavy (non-hydrogen) atoms. The summed E-state index contributed by atoms with van der Waals surface area (Å²) < 4.78 is 0. The first-order chi connectivity index (χ1) is 12.1. The highest BCUT2D eigenvalue weighted by molar-refractivity contribution is 5.94. The molecule has 1 amide bonds. The molecule has 1 aliphatic rings. The monoisotopic (exact) mass is 336 g/mol. The number of carbonyl (C=O) groups excluding carboxylic acids is 2. The molecule has 0 spiro atoms. The molecule has 4 heteroatoms. The third-order valence-corrected chi connectivity index (χ3v) is 5.07. The molecule has 0 heterocycles. The van der Waals surface area contributed by atoms with Crippen LogP contribution in [0.4, 0.5) is 5.69 Å². The van der Waals surface area contributed by atoms with Crippen LogP contribution in [0.2, 0.25) is 0 Å². The molecule has 4 nitrogen and oxygen atoms in total. The second kappa shape index (κ2) is 7.51. The van der Waals surface area contributed by atoms with Crippen molar-refractivity contribution in [3.8, 4) is 0 Å². The number of benzene rings is 2. The Kier molecular flexibility index (Phi) is 5.17. The third kappa shape index (κ3) is 4.08. The highest BCUT2D eigenvalue weighted by Crippen LogP contribution is 2.43. The zero-order valence-corrected chi connectivity index (χ0v) is 14.5. The maximum absolute atomic E-state index is 12.2. The van der Waals surface area contributed by atoms with E-state index in [0.717, 1.165) is 18.5 Å². The lowest BCUT2D eigenvalue weighted by molar-refractivity contribution is -0.119. The van der Waals surface area contributed by atoms with Crippen LogP contribution in [0.25, 0.3) is 0 Å². The maximum atomic E-state index is 12.2. The van der Waals surface area contributed by atoms with Crippen LogP contribution in [-0.4, -0.2) is 24.8 Å². The van der Waals surface area contributed by atoms with Crippen molar-refractivity contribution in [3.05, 3.63) is 65.7 Å². The van der Waals surface area contributed by atoms with Crippen molar-refractivity contribution in [2.45, 2.75) is 31.6 Å². The van der Waals surface area contributed by atoms with Crippen LogP contribution in [0, 0.1) is 0 Å². The van der Waals surface area contributed by atoms with Gasteiger partial charge in [-0.2, -0.15) is 0 Å². The van der Waals surface area contributed by atoms with Gasteiger partial charge in [-0.3, -0.25) is 9.59 Å². The minimum Gasteiger partial charge on any atom is -0.376 e. The minimum absolute atomic E-state index is 0.0159. The maximum Gasteiger partial charge on any atom is 0.239 e. The van der Waals surface area contributed by atoms with Crippen LogP contribution in [0.15, 0.2) is 54.6 Å². The second-order valence-electron chi connectivity index (χ2n) is 6.76. The molecular weight excluding hydrogens is 312 g/mol. The molecule has 0 aromatic heterocycles. The molecule has 2 aromatic carbocycles. The Morgan fingerprint density at radius 3 is 2.24 bits per heavy atom. The molecule has 3 rings (SSSR count). The van der Waals surface area contributed by atoms with Gasteiger partial charge in [-0.1, -0.05) is 36.8 Å². The Hall–Kier alpha value is -2.62. The fourth-order valence-electron chi connectivity index (χ4n) is 3.30. The SMILES string of the molecule is CC(=O)c1ccc(NCC(=O)NCC2(c3ccccc3)CCC2)cc1. The fourth-order valence-corrected chi connectivity index (χ4v) is 3.30. The van der Waals surface area contributed by atoms with Crippen LogP contribution in [0.5, 0.6) is 0 Å². The van der Waals surface area contributed by atoms with E-state index in [-0.39, 0.29) is 23.7 Å². The number of rotatable bonds is 7. The van der Waals surface area contributed by atoms with E-state index in [9.17, 15) is 9.59 Å². The number of carbonyl (C=O) groups is 2. The van der Waals surface area contributed by atoms with E-state index in [1.165, 1.54) is 12.0 Å². The summed E-state index contributed by atoms with van der Waals surface area (Å²) in [7, 11) is 0. The van der Waals surface area contributed by atoms with Crippen LogP contribution < -0.4 is 10.6 Å². The molecule has 130 valence electrons. The van der Waals surface area contributed by atoms with Crippen molar-refractivity contribution in [2.75, 3.05) is 18.4 Å². The predicted octanol–water partition coefficient (Wildman–Crippen LogP) is 3.54. The van der Waals surface area contributed by atoms with Crippen molar-refractivity contribution < 1.29 is 9.59 Å². The molecule has 1 fully saturated rings. The Morgan fingerprint density at radius 2 is 1.68 bits per heavy atom. The molecular formula is C21H24N2O2. The summed E-state index contributed by atoms with van der Waals surface area (Å²) in [5, 5.41) is 6.17. The van der Waals surface area contributed by atoms with Crippen molar-refractivity contribution in [3.63, 3.8) is 0 Å². The first-order valence-corrected chi connectivity index (χ1v) is 8.76. The van der Waals surface area contributed by atoms with Gasteiger partial charge in [-0.15, -0.1) is 0 Å². The molecule has 1 saturated carbocycles. The fraction of sp³-hybridized carbons (Fsp3) is 0.333. The molecule has 0 saturated heterocycles. The predicted molar refractivity (Wildman–Crippen MR) is 99.9 cm³/mol. The van der Waals surface area contributed by atoms with Gasteiger partial charge in [0.05, 0.1) is 6.54 Å². The molecule has 1 aliphatic carbocycles. The molecule has 0 aliphatic heterocycles. The first kappa shape index (κ1) is 17.2. The highest BCUT2D eigenvalue weighted by atomic mass is 16.2. The third-order valence-electron chi connectivity index (χ3n) is 5.07. The van der Waals surface area contributed by atoms with Gasteiger partial charge in [0.2, 0.25) is 5.91 Å². The standard InChI is InChI=1S/C21H24N2O2/c1-16(24)17-8-10-19(11-9-17)22-14-20(25)23-15-21(12-5-13-21)18-6-3-2-4-7-18/h2-4,6-11,22H,5,12-15H2,1H3,(H,23,25). The van der Waals surface area contributed by atoms with Crippen molar-refractivity contribution in [2.24, 2.45) is 0 Å². The number of hydrogen-bond donors (Lipinski definition) is 2. The number of ketones is 1.